The van der Waals surface area contributed by atoms with Gasteiger partial charge in [-0.25, -0.2) is 8.42 Å². The molecule has 1 aromatic carbocycles. The van der Waals surface area contributed by atoms with E-state index in [0.29, 0.717) is 31.4 Å². The van der Waals surface area contributed by atoms with E-state index < -0.39 is 22.0 Å². The second-order valence-electron chi connectivity index (χ2n) is 6.04. The van der Waals surface area contributed by atoms with Crippen LogP contribution in [0, 0.1) is 5.92 Å². The summed E-state index contributed by atoms with van der Waals surface area (Å²) in [5, 5.41) is 12.0. The summed E-state index contributed by atoms with van der Waals surface area (Å²) >= 11 is 0. The molecule has 0 unspecified atom stereocenters. The van der Waals surface area contributed by atoms with Crippen molar-refractivity contribution >= 4 is 27.6 Å². The number of fused-ring (bicyclic) bond motifs is 1. The lowest BCUT2D eigenvalue weighted by molar-refractivity contribution is -0.140. The van der Waals surface area contributed by atoms with E-state index in [1.807, 2.05) is 0 Å². The summed E-state index contributed by atoms with van der Waals surface area (Å²) in [7, 11) is -3.96. The highest BCUT2D eigenvalue weighted by atomic mass is 32.2. The summed E-state index contributed by atoms with van der Waals surface area (Å²) in [5.74, 6) is -1.63. The van der Waals surface area contributed by atoms with E-state index in [0.717, 1.165) is 5.56 Å². The van der Waals surface area contributed by atoms with Crippen LogP contribution in [0.15, 0.2) is 23.1 Å². The molecule has 0 spiro atoms. The Morgan fingerprint density at radius 2 is 2.08 bits per heavy atom. The molecular formula is C16H22N2O5S. The molecule has 0 radical (unpaired) electrons. The van der Waals surface area contributed by atoms with Crippen LogP contribution in [0.4, 0.5) is 5.69 Å². The predicted octanol–water partition coefficient (Wildman–Crippen LogP) is 1.74. The van der Waals surface area contributed by atoms with Crippen molar-refractivity contribution in [1.82, 2.24) is 4.72 Å². The number of carboxylic acid groups (broad SMARTS) is 1. The summed E-state index contributed by atoms with van der Waals surface area (Å²) in [6, 6.07) is 3.24. The van der Waals surface area contributed by atoms with Gasteiger partial charge < -0.3 is 10.4 Å². The molecule has 0 saturated heterocycles. The van der Waals surface area contributed by atoms with Crippen LogP contribution in [0.1, 0.15) is 38.7 Å². The minimum absolute atomic E-state index is 0.00644. The van der Waals surface area contributed by atoms with Crippen molar-refractivity contribution in [1.29, 1.82) is 0 Å². The summed E-state index contributed by atoms with van der Waals surface area (Å²) < 4.78 is 27.4. The molecule has 0 fully saturated rings. The van der Waals surface area contributed by atoms with Crippen LogP contribution in [0.2, 0.25) is 0 Å². The number of sulfonamides is 1. The SMILES string of the molecule is CC[C@H](C)[C@H](NS(=O)(=O)c1ccc2c(c1)CCCC(=O)N2)C(=O)O. The molecule has 1 heterocycles. The van der Waals surface area contributed by atoms with Gasteiger partial charge in [-0.1, -0.05) is 20.3 Å². The van der Waals surface area contributed by atoms with Gasteiger partial charge in [-0.2, -0.15) is 4.72 Å². The van der Waals surface area contributed by atoms with Crippen molar-refractivity contribution in [3.05, 3.63) is 23.8 Å². The first-order valence-corrected chi connectivity index (χ1v) is 9.41. The molecule has 0 saturated carbocycles. The number of carboxylic acids is 1. The Hall–Kier alpha value is -1.93. The fourth-order valence-corrected chi connectivity index (χ4v) is 3.95. The number of aryl methyl sites for hydroxylation is 1. The van der Waals surface area contributed by atoms with E-state index in [4.69, 9.17) is 0 Å². The van der Waals surface area contributed by atoms with Gasteiger partial charge in [0.25, 0.3) is 0 Å². The van der Waals surface area contributed by atoms with Crippen LogP contribution < -0.4 is 10.0 Å². The van der Waals surface area contributed by atoms with Crippen molar-refractivity contribution < 1.29 is 23.1 Å². The number of carbonyl (C=O) groups excluding carboxylic acids is 1. The Bertz CT molecular complexity index is 745. The molecule has 0 bridgehead atoms. The number of nitrogens with one attached hydrogen (secondary N) is 2. The number of hydrogen-bond acceptors (Lipinski definition) is 4. The minimum Gasteiger partial charge on any atom is -0.480 e. The Kier molecular flexibility index (Phi) is 5.61. The molecule has 2 rings (SSSR count). The average molecular weight is 354 g/mol. The topological polar surface area (TPSA) is 113 Å². The zero-order chi connectivity index (χ0) is 17.9. The first kappa shape index (κ1) is 18.4. The van der Waals surface area contributed by atoms with Gasteiger partial charge in [0, 0.05) is 12.1 Å². The average Bonchev–Trinajstić information content (AvgIpc) is 2.71. The first-order chi connectivity index (χ1) is 11.2. The molecule has 2 atom stereocenters. The van der Waals surface area contributed by atoms with Gasteiger partial charge in [0.05, 0.1) is 4.90 Å². The van der Waals surface area contributed by atoms with Crippen LogP contribution in [-0.2, 0) is 26.0 Å². The fourth-order valence-electron chi connectivity index (χ4n) is 2.60. The Balaban J connectivity index is 2.31. The largest absolute Gasteiger partial charge is 0.480 e. The van der Waals surface area contributed by atoms with Gasteiger partial charge in [0.2, 0.25) is 15.9 Å². The molecule has 1 aliphatic heterocycles. The summed E-state index contributed by atoms with van der Waals surface area (Å²) in [6.45, 7) is 3.49. The van der Waals surface area contributed by atoms with Gasteiger partial charge >= 0.3 is 5.97 Å². The summed E-state index contributed by atoms with van der Waals surface area (Å²) in [4.78, 5) is 22.9. The molecule has 0 aromatic heterocycles. The third-order valence-electron chi connectivity index (χ3n) is 4.27. The van der Waals surface area contributed by atoms with Crippen LogP contribution in [0.5, 0.6) is 0 Å². The number of hydrogen-bond donors (Lipinski definition) is 3. The molecular weight excluding hydrogens is 332 g/mol. The molecule has 8 heteroatoms. The van der Waals surface area contributed by atoms with E-state index in [-0.39, 0.29) is 16.7 Å². The maximum atomic E-state index is 12.5. The normalized spacial score (nSPS) is 17.3. The standard InChI is InChI=1S/C16H22N2O5S/c1-3-10(2)15(16(20)21)18-24(22,23)12-7-8-13-11(9-12)5-4-6-14(19)17-13/h7-10,15,18H,3-6H2,1-2H3,(H,17,19)(H,20,21)/t10-,15-/m0/s1. The lowest BCUT2D eigenvalue weighted by Crippen LogP contribution is -2.44. The van der Waals surface area contributed by atoms with Crippen molar-refractivity contribution in [2.24, 2.45) is 5.92 Å². The van der Waals surface area contributed by atoms with Crippen molar-refractivity contribution in [3.8, 4) is 0 Å². The molecule has 1 amide bonds. The Morgan fingerprint density at radius 1 is 1.38 bits per heavy atom. The summed E-state index contributed by atoms with van der Waals surface area (Å²) in [5.41, 5.74) is 1.34. The lowest BCUT2D eigenvalue weighted by Gasteiger charge is -2.20. The van der Waals surface area contributed by atoms with Crippen molar-refractivity contribution in [3.63, 3.8) is 0 Å². The van der Waals surface area contributed by atoms with Crippen molar-refractivity contribution in [2.45, 2.75) is 50.5 Å². The smallest absolute Gasteiger partial charge is 0.322 e. The van der Waals surface area contributed by atoms with Gasteiger partial charge in [-0.3, -0.25) is 9.59 Å². The molecule has 24 heavy (non-hydrogen) atoms. The number of anilines is 1. The van der Waals surface area contributed by atoms with Crippen LogP contribution in [0.3, 0.4) is 0 Å². The van der Waals surface area contributed by atoms with Crippen molar-refractivity contribution in [2.75, 3.05) is 5.32 Å². The number of amides is 1. The van der Waals surface area contributed by atoms with Gasteiger partial charge in [-0.15, -0.1) is 0 Å². The molecule has 3 N–H and O–H groups in total. The number of aliphatic carboxylic acids is 1. The summed E-state index contributed by atoms with van der Waals surface area (Å²) in [6.07, 6.45) is 2.16. The predicted molar refractivity (Wildman–Crippen MR) is 89.2 cm³/mol. The second kappa shape index (κ2) is 7.31. The van der Waals surface area contributed by atoms with E-state index >= 15 is 0 Å². The lowest BCUT2D eigenvalue weighted by atomic mass is 10.0. The van der Waals surface area contributed by atoms with Gasteiger partial charge in [0.1, 0.15) is 6.04 Å². The quantitative estimate of drug-likeness (QED) is 0.720. The number of benzene rings is 1. The van der Waals surface area contributed by atoms with E-state index in [2.05, 4.69) is 10.0 Å². The molecule has 7 nitrogen and oxygen atoms in total. The number of carbonyl (C=O) groups is 2. The van der Waals surface area contributed by atoms with E-state index in [1.165, 1.54) is 12.1 Å². The van der Waals surface area contributed by atoms with Gasteiger partial charge in [0.15, 0.2) is 0 Å². The Morgan fingerprint density at radius 3 is 2.71 bits per heavy atom. The third kappa shape index (κ3) is 4.12. The van der Waals surface area contributed by atoms with E-state index in [1.54, 1.807) is 19.9 Å². The third-order valence-corrected chi connectivity index (χ3v) is 5.71. The minimum atomic E-state index is -3.96. The molecule has 1 aromatic rings. The first-order valence-electron chi connectivity index (χ1n) is 7.92. The zero-order valence-electron chi connectivity index (χ0n) is 13.7. The number of rotatable bonds is 6. The second-order valence-corrected chi connectivity index (χ2v) is 7.76. The zero-order valence-corrected chi connectivity index (χ0v) is 14.5. The maximum Gasteiger partial charge on any atom is 0.322 e. The van der Waals surface area contributed by atoms with Crippen LogP contribution in [-0.4, -0.2) is 31.4 Å². The molecule has 1 aliphatic rings. The van der Waals surface area contributed by atoms with Crippen LogP contribution in [0.25, 0.3) is 0 Å². The Labute approximate surface area is 141 Å². The van der Waals surface area contributed by atoms with Gasteiger partial charge in [-0.05, 0) is 42.5 Å². The highest BCUT2D eigenvalue weighted by Crippen LogP contribution is 2.25. The highest BCUT2D eigenvalue weighted by Gasteiger charge is 2.29. The monoisotopic (exact) mass is 354 g/mol. The van der Waals surface area contributed by atoms with Crippen LogP contribution >= 0.6 is 0 Å². The highest BCUT2D eigenvalue weighted by molar-refractivity contribution is 7.89. The maximum absolute atomic E-state index is 12.5. The fraction of sp³-hybridized carbons (Fsp3) is 0.500. The van der Waals surface area contributed by atoms with E-state index in [9.17, 15) is 23.1 Å². The molecule has 0 aliphatic carbocycles. The molecule has 132 valence electrons.